The predicted molar refractivity (Wildman–Crippen MR) is 101 cm³/mol. The van der Waals surface area contributed by atoms with Crippen LogP contribution < -0.4 is 10.1 Å². The van der Waals surface area contributed by atoms with Crippen molar-refractivity contribution in [3.63, 3.8) is 0 Å². The van der Waals surface area contributed by atoms with Crippen LogP contribution in [0.4, 0.5) is 18.0 Å². The monoisotopic (exact) mass is 426 g/mol. The number of piperidine rings is 1. The second kappa shape index (κ2) is 7.67. The van der Waals surface area contributed by atoms with Crippen LogP contribution in [0.1, 0.15) is 38.2 Å². The van der Waals surface area contributed by atoms with E-state index in [1.54, 1.807) is 6.07 Å². The molecule has 6 nitrogen and oxygen atoms in total. The van der Waals surface area contributed by atoms with Gasteiger partial charge in [-0.2, -0.15) is 0 Å². The number of fused-ring (bicyclic) bond motifs is 1. The van der Waals surface area contributed by atoms with Crippen molar-refractivity contribution in [2.45, 2.75) is 50.4 Å². The minimum absolute atomic E-state index is 0.0504. The molecule has 0 bridgehead atoms. The number of hydrogen-bond donors (Lipinski definition) is 1. The number of carbonyl (C=O) groups is 2. The fraction of sp³-hybridized carbons (Fsp3) is 0.619. The quantitative estimate of drug-likeness (QED) is 0.755. The van der Waals surface area contributed by atoms with Crippen LogP contribution >= 0.6 is 0 Å². The van der Waals surface area contributed by atoms with Gasteiger partial charge in [0.25, 0.3) is 0 Å². The first-order chi connectivity index (χ1) is 14.2. The summed E-state index contributed by atoms with van der Waals surface area (Å²) < 4.78 is 46.6. The third-order valence-corrected chi connectivity index (χ3v) is 6.35. The average Bonchev–Trinajstić information content (AvgIpc) is 3.22. The molecule has 2 unspecified atom stereocenters. The highest BCUT2D eigenvalue weighted by molar-refractivity contribution is 5.81. The lowest BCUT2D eigenvalue weighted by Crippen LogP contribution is -2.50. The van der Waals surface area contributed by atoms with Gasteiger partial charge >= 0.3 is 12.5 Å². The van der Waals surface area contributed by atoms with Gasteiger partial charge in [-0.1, -0.05) is 19.1 Å². The summed E-state index contributed by atoms with van der Waals surface area (Å²) in [5.74, 6) is -0.0338. The molecule has 1 aliphatic heterocycles. The van der Waals surface area contributed by atoms with Crippen LogP contribution in [0.15, 0.2) is 24.3 Å². The third kappa shape index (κ3) is 4.20. The van der Waals surface area contributed by atoms with Crippen molar-refractivity contribution in [3.8, 4) is 5.75 Å². The lowest BCUT2D eigenvalue weighted by molar-refractivity contribution is -0.274. The highest BCUT2D eigenvalue weighted by Gasteiger charge is 2.62. The van der Waals surface area contributed by atoms with E-state index in [9.17, 15) is 22.8 Å². The van der Waals surface area contributed by atoms with Crippen LogP contribution in [0.2, 0.25) is 0 Å². The van der Waals surface area contributed by atoms with Crippen molar-refractivity contribution in [3.05, 3.63) is 29.8 Å². The number of alkyl carbamates (subject to hydrolysis) is 1. The zero-order valence-electron chi connectivity index (χ0n) is 16.7. The molecule has 4 rings (SSSR count). The molecule has 1 saturated heterocycles. The normalized spacial score (nSPS) is 29.6. The fourth-order valence-corrected chi connectivity index (χ4v) is 4.70. The van der Waals surface area contributed by atoms with Crippen LogP contribution in [0.25, 0.3) is 0 Å². The number of carbonyl (C=O) groups excluding carboxylic acids is 2. The Labute approximate surface area is 172 Å². The summed E-state index contributed by atoms with van der Waals surface area (Å²) in [6.07, 6.45) is -2.39. The van der Waals surface area contributed by atoms with Crippen LogP contribution in [-0.2, 0) is 14.9 Å². The molecule has 0 radical (unpaired) electrons. The molecule has 0 aromatic heterocycles. The number of hydrogen-bond acceptors (Lipinski definition) is 4. The molecule has 1 aromatic carbocycles. The maximum absolute atomic E-state index is 12.8. The Morgan fingerprint density at radius 3 is 2.77 bits per heavy atom. The van der Waals surface area contributed by atoms with E-state index in [0.717, 1.165) is 18.4 Å². The molecule has 1 heterocycles. The van der Waals surface area contributed by atoms with Gasteiger partial charge in [0, 0.05) is 30.5 Å². The minimum atomic E-state index is -4.73. The van der Waals surface area contributed by atoms with E-state index in [-0.39, 0.29) is 34.9 Å². The second-order valence-electron chi connectivity index (χ2n) is 8.50. The summed E-state index contributed by atoms with van der Waals surface area (Å²) in [7, 11) is 0. The Kier molecular flexibility index (Phi) is 5.32. The van der Waals surface area contributed by atoms with E-state index >= 15 is 0 Å². The molecule has 9 heteroatoms. The first-order valence-electron chi connectivity index (χ1n) is 10.3. The topological polar surface area (TPSA) is 67.9 Å². The van der Waals surface area contributed by atoms with Gasteiger partial charge in [0.15, 0.2) is 0 Å². The number of nitrogens with zero attached hydrogens (tertiary/aromatic N) is 1. The molecule has 3 aliphatic rings. The van der Waals surface area contributed by atoms with E-state index < -0.39 is 12.5 Å². The molecule has 2 saturated carbocycles. The number of halogens is 3. The van der Waals surface area contributed by atoms with Gasteiger partial charge in [-0.25, -0.2) is 4.79 Å². The first kappa shape index (κ1) is 20.8. The number of rotatable bonds is 6. The molecular weight excluding hydrogens is 401 g/mol. The SMILES string of the molecule is CCCOC(=O)N[C@H]1C[C@@H](C(=O)N2CC3CC3(c3cccc(OC(F)(F)F)c3)C2)C1. The van der Waals surface area contributed by atoms with Gasteiger partial charge in [-0.05, 0) is 49.3 Å². The van der Waals surface area contributed by atoms with Crippen molar-refractivity contribution in [1.29, 1.82) is 0 Å². The largest absolute Gasteiger partial charge is 0.573 e. The van der Waals surface area contributed by atoms with Gasteiger partial charge in [-0.15, -0.1) is 13.2 Å². The summed E-state index contributed by atoms with van der Waals surface area (Å²) in [4.78, 5) is 26.2. The summed E-state index contributed by atoms with van der Waals surface area (Å²) >= 11 is 0. The Bertz CT molecular complexity index is 825. The predicted octanol–water partition coefficient (Wildman–Crippen LogP) is 3.60. The Hall–Kier alpha value is -2.45. The third-order valence-electron chi connectivity index (χ3n) is 6.35. The van der Waals surface area contributed by atoms with Crippen LogP contribution in [0.3, 0.4) is 0 Å². The van der Waals surface area contributed by atoms with E-state index in [1.165, 1.54) is 12.1 Å². The van der Waals surface area contributed by atoms with Gasteiger partial charge in [0.1, 0.15) is 5.75 Å². The smallest absolute Gasteiger partial charge is 0.450 e. The Morgan fingerprint density at radius 1 is 1.30 bits per heavy atom. The molecular formula is C21H25F3N2O4. The number of benzene rings is 1. The van der Waals surface area contributed by atoms with Gasteiger partial charge < -0.3 is 19.7 Å². The van der Waals surface area contributed by atoms with Crippen molar-refractivity contribution in [1.82, 2.24) is 10.2 Å². The lowest BCUT2D eigenvalue weighted by Gasteiger charge is -2.37. The number of ether oxygens (including phenoxy) is 2. The molecule has 3 fully saturated rings. The fourth-order valence-electron chi connectivity index (χ4n) is 4.70. The van der Waals surface area contributed by atoms with Crippen molar-refractivity contribution in [2.75, 3.05) is 19.7 Å². The van der Waals surface area contributed by atoms with Crippen LogP contribution in [-0.4, -0.2) is 49.0 Å². The molecule has 1 aromatic rings. The Morgan fingerprint density at radius 2 is 2.07 bits per heavy atom. The number of likely N-dealkylation sites (tertiary alicyclic amines) is 1. The summed E-state index contributed by atoms with van der Waals surface area (Å²) in [6.45, 7) is 3.42. The molecule has 0 spiro atoms. The van der Waals surface area contributed by atoms with Crippen molar-refractivity contribution in [2.24, 2.45) is 11.8 Å². The van der Waals surface area contributed by atoms with Crippen molar-refractivity contribution < 1.29 is 32.2 Å². The molecule has 30 heavy (non-hydrogen) atoms. The summed E-state index contributed by atoms with van der Waals surface area (Å²) in [5, 5.41) is 2.76. The number of nitrogens with one attached hydrogen (secondary N) is 1. The zero-order valence-corrected chi connectivity index (χ0v) is 16.7. The van der Waals surface area contributed by atoms with E-state index in [2.05, 4.69) is 10.1 Å². The zero-order chi connectivity index (χ0) is 21.5. The second-order valence-corrected chi connectivity index (χ2v) is 8.50. The first-order valence-corrected chi connectivity index (χ1v) is 10.3. The van der Waals surface area contributed by atoms with E-state index in [4.69, 9.17) is 4.74 Å². The lowest BCUT2D eigenvalue weighted by atomic mass is 9.79. The van der Waals surface area contributed by atoms with E-state index in [1.807, 2.05) is 17.9 Å². The summed E-state index contributed by atoms with van der Waals surface area (Å²) in [6, 6.07) is 6.04. The maximum Gasteiger partial charge on any atom is 0.573 e. The average molecular weight is 426 g/mol. The molecule has 2 atom stereocenters. The highest BCUT2D eigenvalue weighted by Crippen LogP contribution is 2.59. The molecule has 2 amide bonds. The van der Waals surface area contributed by atoms with Gasteiger partial charge in [0.05, 0.1) is 6.61 Å². The van der Waals surface area contributed by atoms with Gasteiger partial charge in [-0.3, -0.25) is 4.79 Å². The maximum atomic E-state index is 12.8. The summed E-state index contributed by atoms with van der Waals surface area (Å²) in [5.41, 5.74) is 0.516. The Balaban J connectivity index is 1.31. The molecule has 1 N–H and O–H groups in total. The number of alkyl halides is 3. The number of amides is 2. The highest BCUT2D eigenvalue weighted by atomic mass is 19.4. The van der Waals surface area contributed by atoms with Crippen molar-refractivity contribution >= 4 is 12.0 Å². The minimum Gasteiger partial charge on any atom is -0.450 e. The van der Waals surface area contributed by atoms with Crippen LogP contribution in [0, 0.1) is 11.8 Å². The van der Waals surface area contributed by atoms with Crippen LogP contribution in [0.5, 0.6) is 5.75 Å². The van der Waals surface area contributed by atoms with Gasteiger partial charge in [0.2, 0.25) is 5.91 Å². The van der Waals surface area contributed by atoms with E-state index in [0.29, 0.717) is 32.5 Å². The standard InChI is InChI=1S/C21H25F3N2O4/c1-2-6-29-19(28)25-16-7-13(8-16)18(27)26-11-15-10-20(15,12-26)14-4-3-5-17(9-14)30-21(22,23)24/h3-5,9,13,15-16H,2,6-8,10-12H2,1H3,(H,25,28)/t13-,15?,16+,20?. The molecule has 164 valence electrons. The molecule has 2 aliphatic carbocycles.